The number of carbonyl (C=O) groups excluding carboxylic acids is 1. The van der Waals surface area contributed by atoms with Crippen LogP contribution in [0, 0.1) is 5.92 Å². The van der Waals surface area contributed by atoms with Crippen LogP contribution in [0.1, 0.15) is 52.9 Å². The summed E-state index contributed by atoms with van der Waals surface area (Å²) in [6.45, 7) is 6.46. The van der Waals surface area contributed by atoms with Crippen molar-refractivity contribution in [3.8, 4) is 0 Å². The number of amides is 1. The first kappa shape index (κ1) is 14.8. The maximum atomic E-state index is 11.8. The largest absolute Gasteiger partial charge is 0.368 e. The van der Waals surface area contributed by atoms with Crippen molar-refractivity contribution in [2.75, 3.05) is 7.05 Å². The van der Waals surface area contributed by atoms with Crippen LogP contribution in [-0.4, -0.2) is 41.5 Å². The molecule has 110 valence electrons. The van der Waals surface area contributed by atoms with Crippen molar-refractivity contribution in [2.45, 2.75) is 76.5 Å². The molecule has 2 aliphatic rings. The van der Waals surface area contributed by atoms with Crippen LogP contribution in [0.15, 0.2) is 0 Å². The van der Waals surface area contributed by atoms with Gasteiger partial charge in [-0.05, 0) is 65.8 Å². The van der Waals surface area contributed by atoms with Crippen molar-refractivity contribution >= 4 is 5.91 Å². The van der Waals surface area contributed by atoms with Gasteiger partial charge in [0, 0.05) is 18.1 Å². The Hall–Kier alpha value is -0.610. The van der Waals surface area contributed by atoms with E-state index in [0.717, 1.165) is 12.3 Å². The van der Waals surface area contributed by atoms with E-state index >= 15 is 0 Å². The first-order chi connectivity index (χ1) is 8.83. The summed E-state index contributed by atoms with van der Waals surface area (Å²) in [5.41, 5.74) is 5.05. The highest BCUT2D eigenvalue weighted by Gasteiger charge is 2.40. The molecule has 2 fully saturated rings. The normalized spacial score (nSPS) is 25.9. The fourth-order valence-corrected chi connectivity index (χ4v) is 2.96. The Morgan fingerprint density at radius 1 is 1.37 bits per heavy atom. The van der Waals surface area contributed by atoms with E-state index in [4.69, 9.17) is 5.73 Å². The monoisotopic (exact) mass is 267 g/mol. The minimum absolute atomic E-state index is 0.223. The highest BCUT2D eigenvalue weighted by atomic mass is 16.1. The Morgan fingerprint density at radius 3 is 2.37 bits per heavy atom. The number of rotatable bonds is 8. The fraction of sp³-hybridized carbons (Fsp3) is 0.933. The van der Waals surface area contributed by atoms with Crippen LogP contribution >= 0.6 is 0 Å². The van der Waals surface area contributed by atoms with E-state index in [0.29, 0.717) is 18.1 Å². The molecule has 19 heavy (non-hydrogen) atoms. The number of nitrogens with zero attached hydrogens (tertiary/aromatic N) is 1. The number of primary amides is 1. The van der Waals surface area contributed by atoms with E-state index in [2.05, 4.69) is 31.1 Å². The highest BCUT2D eigenvalue weighted by Crippen LogP contribution is 2.36. The maximum absolute atomic E-state index is 11.8. The van der Waals surface area contributed by atoms with Gasteiger partial charge in [0.15, 0.2) is 0 Å². The molecule has 0 heterocycles. The van der Waals surface area contributed by atoms with Crippen LogP contribution in [-0.2, 0) is 4.79 Å². The number of nitrogens with two attached hydrogens (primary N) is 1. The lowest BCUT2D eigenvalue weighted by Crippen LogP contribution is -2.57. The molecule has 0 radical (unpaired) electrons. The molecule has 4 heteroatoms. The van der Waals surface area contributed by atoms with E-state index < -0.39 is 5.54 Å². The molecule has 3 N–H and O–H groups in total. The average Bonchev–Trinajstić information content (AvgIpc) is 3.19. The van der Waals surface area contributed by atoms with Crippen LogP contribution in [0.3, 0.4) is 0 Å². The Labute approximate surface area is 117 Å². The molecule has 0 aromatic carbocycles. The third-order valence-corrected chi connectivity index (χ3v) is 4.99. The second-order valence-electron chi connectivity index (χ2n) is 6.91. The van der Waals surface area contributed by atoms with Crippen molar-refractivity contribution in [3.05, 3.63) is 0 Å². The summed E-state index contributed by atoms with van der Waals surface area (Å²) in [6, 6.07) is 1.46. The van der Waals surface area contributed by atoms with Gasteiger partial charge in [0.2, 0.25) is 5.91 Å². The molecule has 3 atom stereocenters. The summed E-state index contributed by atoms with van der Waals surface area (Å²) in [6.07, 6.45) is 5.83. The quantitative estimate of drug-likeness (QED) is 0.700. The zero-order valence-electron chi connectivity index (χ0n) is 12.8. The summed E-state index contributed by atoms with van der Waals surface area (Å²) in [7, 11) is 2.17. The van der Waals surface area contributed by atoms with Crippen molar-refractivity contribution in [1.29, 1.82) is 0 Å². The van der Waals surface area contributed by atoms with Crippen LogP contribution < -0.4 is 11.1 Å². The van der Waals surface area contributed by atoms with Crippen LogP contribution in [0.25, 0.3) is 0 Å². The zero-order chi connectivity index (χ0) is 14.2. The molecule has 1 amide bonds. The van der Waals surface area contributed by atoms with Gasteiger partial charge >= 0.3 is 0 Å². The summed E-state index contributed by atoms with van der Waals surface area (Å²) < 4.78 is 0. The summed E-state index contributed by atoms with van der Waals surface area (Å²) in [5.74, 6) is 0.627. The van der Waals surface area contributed by atoms with E-state index in [1.165, 1.54) is 25.7 Å². The fourth-order valence-electron chi connectivity index (χ4n) is 2.96. The summed E-state index contributed by atoms with van der Waals surface area (Å²) in [5, 5.41) is 3.44. The second-order valence-corrected chi connectivity index (χ2v) is 6.91. The predicted molar refractivity (Wildman–Crippen MR) is 77.8 cm³/mol. The third-order valence-electron chi connectivity index (χ3n) is 4.99. The van der Waals surface area contributed by atoms with Crippen molar-refractivity contribution in [3.63, 3.8) is 0 Å². The van der Waals surface area contributed by atoms with E-state index in [-0.39, 0.29) is 5.91 Å². The summed E-state index contributed by atoms with van der Waals surface area (Å²) >= 11 is 0. The van der Waals surface area contributed by atoms with Crippen LogP contribution in [0.4, 0.5) is 0 Å². The highest BCUT2D eigenvalue weighted by molar-refractivity contribution is 5.84. The molecule has 0 bridgehead atoms. The van der Waals surface area contributed by atoms with Gasteiger partial charge in [-0.15, -0.1) is 0 Å². The van der Waals surface area contributed by atoms with Gasteiger partial charge in [0.05, 0.1) is 5.54 Å². The lowest BCUT2D eigenvalue weighted by Gasteiger charge is -2.37. The SMILES string of the molecule is CC(CC(C)(NC1CC1)C(N)=O)N(C)C(C)C1CC1. The topological polar surface area (TPSA) is 58.4 Å². The van der Waals surface area contributed by atoms with Crippen molar-refractivity contribution in [2.24, 2.45) is 11.7 Å². The molecular formula is C15H29N3O. The number of carbonyl (C=O) groups is 1. The lowest BCUT2D eigenvalue weighted by atomic mass is 9.91. The first-order valence-corrected chi connectivity index (χ1v) is 7.63. The summed E-state index contributed by atoms with van der Waals surface area (Å²) in [4.78, 5) is 14.2. The molecule has 0 saturated heterocycles. The van der Waals surface area contributed by atoms with Gasteiger partial charge in [0.1, 0.15) is 0 Å². The van der Waals surface area contributed by atoms with Gasteiger partial charge in [-0.25, -0.2) is 0 Å². The van der Waals surface area contributed by atoms with Gasteiger partial charge in [0.25, 0.3) is 0 Å². The van der Waals surface area contributed by atoms with Crippen LogP contribution in [0.5, 0.6) is 0 Å². The minimum atomic E-state index is -0.571. The number of nitrogens with one attached hydrogen (secondary N) is 1. The van der Waals surface area contributed by atoms with E-state index in [1.807, 2.05) is 6.92 Å². The maximum Gasteiger partial charge on any atom is 0.237 e. The molecular weight excluding hydrogens is 238 g/mol. The number of hydrogen-bond donors (Lipinski definition) is 2. The predicted octanol–water partition coefficient (Wildman–Crippen LogP) is 1.49. The number of hydrogen-bond acceptors (Lipinski definition) is 3. The average molecular weight is 267 g/mol. The Bertz CT molecular complexity index is 338. The Kier molecular flexibility index (Phi) is 4.21. The molecule has 0 aromatic rings. The van der Waals surface area contributed by atoms with Gasteiger partial charge in [-0.1, -0.05) is 0 Å². The second kappa shape index (κ2) is 5.41. The molecule has 2 saturated carbocycles. The minimum Gasteiger partial charge on any atom is -0.368 e. The lowest BCUT2D eigenvalue weighted by molar-refractivity contribution is -0.124. The van der Waals surface area contributed by atoms with E-state index in [9.17, 15) is 4.79 Å². The molecule has 3 unspecified atom stereocenters. The standard InChI is InChI=1S/C15H29N3O/c1-10(18(4)11(2)12-5-6-12)9-15(3,14(16)19)17-13-7-8-13/h10-13,17H,5-9H2,1-4H3,(H2,16,19). The van der Waals surface area contributed by atoms with Gasteiger partial charge in [-0.2, -0.15) is 0 Å². The van der Waals surface area contributed by atoms with Crippen molar-refractivity contribution < 1.29 is 4.79 Å². The Balaban J connectivity index is 1.92. The smallest absolute Gasteiger partial charge is 0.237 e. The molecule has 0 aromatic heterocycles. The van der Waals surface area contributed by atoms with Gasteiger partial charge < -0.3 is 16.0 Å². The van der Waals surface area contributed by atoms with E-state index in [1.54, 1.807) is 0 Å². The molecule has 0 aliphatic heterocycles. The molecule has 0 spiro atoms. The third kappa shape index (κ3) is 3.69. The van der Waals surface area contributed by atoms with Gasteiger partial charge in [-0.3, -0.25) is 4.79 Å². The molecule has 2 aliphatic carbocycles. The molecule has 4 nitrogen and oxygen atoms in total. The zero-order valence-corrected chi connectivity index (χ0v) is 12.8. The van der Waals surface area contributed by atoms with Crippen LogP contribution in [0.2, 0.25) is 0 Å². The first-order valence-electron chi connectivity index (χ1n) is 7.63. The molecule has 2 rings (SSSR count). The van der Waals surface area contributed by atoms with Crippen molar-refractivity contribution in [1.82, 2.24) is 10.2 Å². The Morgan fingerprint density at radius 2 is 1.95 bits per heavy atom.